The van der Waals surface area contributed by atoms with Gasteiger partial charge in [-0.05, 0) is 23.6 Å². The van der Waals surface area contributed by atoms with Crippen LogP contribution in [0.3, 0.4) is 0 Å². The zero-order chi connectivity index (χ0) is 18.9. The number of ether oxygens (including phenoxy) is 2. The second kappa shape index (κ2) is 6.77. The first-order chi connectivity index (χ1) is 12.4. The Labute approximate surface area is 151 Å². The van der Waals surface area contributed by atoms with Crippen LogP contribution in [0.5, 0.6) is 0 Å². The van der Waals surface area contributed by atoms with Gasteiger partial charge >= 0.3 is 11.9 Å². The second-order valence-electron chi connectivity index (χ2n) is 6.25. The number of aryl methyl sites for hydroxylation is 1. The molecule has 134 valence electrons. The number of esters is 2. The minimum Gasteiger partial charge on any atom is -0.466 e. The molecule has 0 aromatic heterocycles. The van der Waals surface area contributed by atoms with Crippen LogP contribution in [0.1, 0.15) is 22.3 Å². The van der Waals surface area contributed by atoms with Crippen LogP contribution in [-0.4, -0.2) is 31.3 Å². The van der Waals surface area contributed by atoms with Gasteiger partial charge in [-0.3, -0.25) is 0 Å². The van der Waals surface area contributed by atoms with E-state index in [4.69, 9.17) is 9.47 Å². The Morgan fingerprint density at radius 1 is 0.962 bits per heavy atom. The molecule has 0 heterocycles. The zero-order valence-corrected chi connectivity index (χ0v) is 14.9. The lowest BCUT2D eigenvalue weighted by atomic mass is 9.71. The van der Waals surface area contributed by atoms with E-state index in [1.165, 1.54) is 14.2 Å². The molecule has 0 amide bonds. The van der Waals surface area contributed by atoms with Gasteiger partial charge < -0.3 is 14.6 Å². The van der Waals surface area contributed by atoms with Crippen molar-refractivity contribution in [1.29, 1.82) is 0 Å². The first kappa shape index (κ1) is 17.9. The van der Waals surface area contributed by atoms with Gasteiger partial charge in [-0.2, -0.15) is 0 Å². The topological polar surface area (TPSA) is 72.8 Å². The van der Waals surface area contributed by atoms with E-state index in [9.17, 15) is 14.7 Å². The second-order valence-corrected chi connectivity index (χ2v) is 6.25. The van der Waals surface area contributed by atoms with Crippen LogP contribution in [0.25, 0.3) is 0 Å². The summed E-state index contributed by atoms with van der Waals surface area (Å²) in [6, 6.07) is 14.4. The van der Waals surface area contributed by atoms with E-state index < -0.39 is 17.5 Å². The fourth-order valence-electron chi connectivity index (χ4n) is 3.42. The maximum Gasteiger partial charge on any atom is 0.337 e. The molecule has 1 N–H and O–H groups in total. The molecule has 1 unspecified atom stereocenters. The van der Waals surface area contributed by atoms with Crippen molar-refractivity contribution in [1.82, 2.24) is 0 Å². The van der Waals surface area contributed by atoms with Crippen LogP contribution >= 0.6 is 0 Å². The van der Waals surface area contributed by atoms with E-state index in [1.54, 1.807) is 24.3 Å². The van der Waals surface area contributed by atoms with Crippen LogP contribution in [0.2, 0.25) is 0 Å². The Morgan fingerprint density at radius 3 is 2.19 bits per heavy atom. The number of carbonyl (C=O) groups excluding carboxylic acids is 2. The minimum absolute atomic E-state index is 0.0983. The molecule has 0 spiro atoms. The van der Waals surface area contributed by atoms with Crippen molar-refractivity contribution in [2.75, 3.05) is 14.2 Å². The van der Waals surface area contributed by atoms with Crippen molar-refractivity contribution in [3.05, 3.63) is 81.9 Å². The van der Waals surface area contributed by atoms with E-state index in [0.717, 1.165) is 11.1 Å². The number of aliphatic hydroxyl groups is 1. The van der Waals surface area contributed by atoms with E-state index >= 15 is 0 Å². The fourth-order valence-corrected chi connectivity index (χ4v) is 3.42. The summed E-state index contributed by atoms with van der Waals surface area (Å²) < 4.78 is 9.77. The zero-order valence-electron chi connectivity index (χ0n) is 14.9. The predicted octanol–water partition coefficient (Wildman–Crippen LogP) is 2.43. The standard InChI is InChI=1S/C21H20O5/c1-13-8-10-15(11-9-13)21(24)17-7-5-4-6-14(17)12-16(19(22)25-2)18(21)20(23)26-3/h4-11,24H,12H2,1-3H3. The normalized spacial score (nSPS) is 18.9. The molecule has 1 atom stereocenters. The molecule has 0 radical (unpaired) electrons. The van der Waals surface area contributed by atoms with E-state index in [2.05, 4.69) is 0 Å². The summed E-state index contributed by atoms with van der Waals surface area (Å²) in [5, 5.41) is 11.8. The van der Waals surface area contributed by atoms with E-state index in [1.807, 2.05) is 31.2 Å². The Morgan fingerprint density at radius 2 is 1.58 bits per heavy atom. The minimum atomic E-state index is -1.81. The molecule has 0 saturated carbocycles. The number of rotatable bonds is 3. The first-order valence-corrected chi connectivity index (χ1v) is 8.21. The van der Waals surface area contributed by atoms with E-state index in [-0.39, 0.29) is 17.6 Å². The van der Waals surface area contributed by atoms with Crippen molar-refractivity contribution in [2.24, 2.45) is 0 Å². The molecule has 5 heteroatoms. The van der Waals surface area contributed by atoms with Gasteiger partial charge in [-0.15, -0.1) is 0 Å². The predicted molar refractivity (Wildman–Crippen MR) is 95.4 cm³/mol. The third kappa shape index (κ3) is 2.70. The van der Waals surface area contributed by atoms with Gasteiger partial charge in [0.15, 0.2) is 0 Å². The van der Waals surface area contributed by atoms with Crippen molar-refractivity contribution in [3.8, 4) is 0 Å². The molecule has 3 rings (SSSR count). The van der Waals surface area contributed by atoms with Crippen LogP contribution in [0.4, 0.5) is 0 Å². The molecule has 2 aromatic carbocycles. The summed E-state index contributed by atoms with van der Waals surface area (Å²) in [4.78, 5) is 25.0. The molecule has 1 aliphatic rings. The molecule has 5 nitrogen and oxygen atoms in total. The highest BCUT2D eigenvalue weighted by Crippen LogP contribution is 2.45. The third-order valence-corrected chi connectivity index (χ3v) is 4.73. The summed E-state index contributed by atoms with van der Waals surface area (Å²) in [6.45, 7) is 1.93. The number of carbonyl (C=O) groups is 2. The molecule has 0 saturated heterocycles. The molecule has 0 fully saturated rings. The SMILES string of the molecule is COC(=O)C1=C(C(=O)OC)C(O)(c2ccc(C)cc2)c2ccccc2C1. The number of benzene rings is 2. The van der Waals surface area contributed by atoms with Gasteiger partial charge in [0.25, 0.3) is 0 Å². The lowest BCUT2D eigenvalue weighted by Gasteiger charge is -2.37. The summed E-state index contributed by atoms with van der Waals surface area (Å²) in [5.74, 6) is -1.42. The maximum atomic E-state index is 12.6. The van der Waals surface area contributed by atoms with Crippen LogP contribution in [0, 0.1) is 6.92 Å². The maximum absolute atomic E-state index is 12.6. The summed E-state index contributed by atoms with van der Waals surface area (Å²) in [6.07, 6.45) is 0.182. The Balaban J connectivity index is 2.38. The van der Waals surface area contributed by atoms with Gasteiger partial charge in [0.05, 0.1) is 25.4 Å². The summed E-state index contributed by atoms with van der Waals surface area (Å²) >= 11 is 0. The first-order valence-electron chi connectivity index (χ1n) is 8.21. The van der Waals surface area contributed by atoms with Gasteiger partial charge in [-0.25, -0.2) is 9.59 Å². The lowest BCUT2D eigenvalue weighted by molar-refractivity contribution is -0.141. The average Bonchev–Trinajstić information content (AvgIpc) is 2.67. The Hall–Kier alpha value is -2.92. The van der Waals surface area contributed by atoms with Crippen molar-refractivity contribution in [2.45, 2.75) is 18.9 Å². The summed E-state index contributed by atoms with van der Waals surface area (Å²) in [5.41, 5.74) is 0.991. The number of methoxy groups -OCH3 is 2. The molecule has 26 heavy (non-hydrogen) atoms. The molecule has 0 bridgehead atoms. The monoisotopic (exact) mass is 352 g/mol. The van der Waals surface area contributed by atoms with Gasteiger partial charge in [0.1, 0.15) is 5.60 Å². The number of hydrogen-bond acceptors (Lipinski definition) is 5. The third-order valence-electron chi connectivity index (χ3n) is 4.73. The molecule has 1 aliphatic carbocycles. The highest BCUT2D eigenvalue weighted by molar-refractivity contribution is 6.03. The van der Waals surface area contributed by atoms with Gasteiger partial charge in [0, 0.05) is 6.42 Å². The largest absolute Gasteiger partial charge is 0.466 e. The molecular weight excluding hydrogens is 332 g/mol. The van der Waals surface area contributed by atoms with Crippen LogP contribution in [0.15, 0.2) is 59.7 Å². The highest BCUT2D eigenvalue weighted by atomic mass is 16.5. The Kier molecular flexibility index (Phi) is 4.66. The summed E-state index contributed by atoms with van der Waals surface area (Å²) in [7, 11) is 2.47. The van der Waals surface area contributed by atoms with Gasteiger partial charge in [-0.1, -0.05) is 54.1 Å². The van der Waals surface area contributed by atoms with Crippen molar-refractivity contribution < 1.29 is 24.2 Å². The van der Waals surface area contributed by atoms with Crippen molar-refractivity contribution >= 4 is 11.9 Å². The quantitative estimate of drug-likeness (QED) is 0.859. The number of fused-ring (bicyclic) bond motifs is 1. The highest BCUT2D eigenvalue weighted by Gasteiger charge is 2.47. The smallest absolute Gasteiger partial charge is 0.337 e. The number of hydrogen-bond donors (Lipinski definition) is 1. The van der Waals surface area contributed by atoms with Crippen LogP contribution < -0.4 is 0 Å². The van der Waals surface area contributed by atoms with E-state index in [0.29, 0.717) is 11.1 Å². The lowest BCUT2D eigenvalue weighted by Crippen LogP contribution is -2.40. The average molecular weight is 352 g/mol. The van der Waals surface area contributed by atoms with Gasteiger partial charge in [0.2, 0.25) is 0 Å². The Bertz CT molecular complexity index is 895. The van der Waals surface area contributed by atoms with Crippen LogP contribution in [-0.2, 0) is 31.1 Å². The fraction of sp³-hybridized carbons (Fsp3) is 0.238. The molecule has 0 aliphatic heterocycles. The molecular formula is C21H20O5. The van der Waals surface area contributed by atoms with Crippen molar-refractivity contribution in [3.63, 3.8) is 0 Å². The molecule has 2 aromatic rings.